The van der Waals surface area contributed by atoms with Crippen LogP contribution in [0.2, 0.25) is 0 Å². The summed E-state index contributed by atoms with van der Waals surface area (Å²) in [5.74, 6) is -0.0628. The first kappa shape index (κ1) is 11.3. The van der Waals surface area contributed by atoms with Crippen LogP contribution >= 0.6 is 0 Å². The lowest BCUT2D eigenvalue weighted by Gasteiger charge is -2.44. The second-order valence-corrected chi connectivity index (χ2v) is 7.28. The van der Waals surface area contributed by atoms with E-state index in [-0.39, 0.29) is 11.2 Å². The molecule has 0 aromatic heterocycles. The Labute approximate surface area is 90.4 Å². The van der Waals surface area contributed by atoms with Crippen molar-refractivity contribution in [3.8, 4) is 0 Å². The van der Waals surface area contributed by atoms with Crippen molar-refractivity contribution in [1.29, 1.82) is 0 Å². The summed E-state index contributed by atoms with van der Waals surface area (Å²) in [5.41, 5.74) is -1.14. The van der Waals surface area contributed by atoms with E-state index >= 15 is 0 Å². The SMILES string of the molecule is CS(=O)(=O)C1CCCC(C2(F)CNC2)C1. The van der Waals surface area contributed by atoms with Crippen LogP contribution in [0.25, 0.3) is 0 Å². The molecule has 0 spiro atoms. The Bertz CT molecular complexity index is 337. The van der Waals surface area contributed by atoms with Crippen molar-refractivity contribution in [3.05, 3.63) is 0 Å². The average molecular weight is 235 g/mol. The quantitative estimate of drug-likeness (QED) is 0.773. The summed E-state index contributed by atoms with van der Waals surface area (Å²) in [6.45, 7) is 0.794. The van der Waals surface area contributed by atoms with Gasteiger partial charge in [0.05, 0.1) is 5.25 Å². The maximum absolute atomic E-state index is 14.1. The van der Waals surface area contributed by atoms with Crippen molar-refractivity contribution in [2.45, 2.75) is 36.6 Å². The molecule has 2 rings (SSSR count). The Balaban J connectivity index is 2.04. The van der Waals surface area contributed by atoms with Crippen molar-refractivity contribution in [2.75, 3.05) is 19.3 Å². The molecule has 88 valence electrons. The summed E-state index contributed by atoms with van der Waals surface area (Å²) in [5, 5.41) is 2.61. The molecular formula is C10H18FNO2S. The van der Waals surface area contributed by atoms with E-state index in [1.807, 2.05) is 0 Å². The number of hydrogen-bond acceptors (Lipinski definition) is 3. The van der Waals surface area contributed by atoms with Crippen LogP contribution in [0.3, 0.4) is 0 Å². The molecule has 1 saturated heterocycles. The van der Waals surface area contributed by atoms with E-state index in [1.54, 1.807) is 0 Å². The molecular weight excluding hydrogens is 217 g/mol. The summed E-state index contributed by atoms with van der Waals surface area (Å²) < 4.78 is 37.0. The predicted molar refractivity (Wildman–Crippen MR) is 57.3 cm³/mol. The largest absolute Gasteiger partial charge is 0.310 e. The zero-order valence-electron chi connectivity index (χ0n) is 9.00. The molecule has 2 aliphatic rings. The van der Waals surface area contributed by atoms with Gasteiger partial charge in [0.1, 0.15) is 15.5 Å². The summed E-state index contributed by atoms with van der Waals surface area (Å²) in [4.78, 5) is 0. The minimum atomic E-state index is -2.99. The monoisotopic (exact) mass is 235 g/mol. The first-order chi connectivity index (χ1) is 6.92. The van der Waals surface area contributed by atoms with Crippen LogP contribution in [0.15, 0.2) is 0 Å². The lowest BCUT2D eigenvalue weighted by atomic mass is 9.75. The topological polar surface area (TPSA) is 46.2 Å². The third-order valence-electron chi connectivity index (χ3n) is 3.80. The zero-order chi connectivity index (χ0) is 11.1. The van der Waals surface area contributed by atoms with E-state index < -0.39 is 15.5 Å². The van der Waals surface area contributed by atoms with Gasteiger partial charge in [0.15, 0.2) is 0 Å². The van der Waals surface area contributed by atoms with E-state index in [0.29, 0.717) is 25.9 Å². The molecule has 1 aliphatic heterocycles. The molecule has 0 bridgehead atoms. The molecule has 0 amide bonds. The third kappa shape index (κ3) is 2.18. The number of nitrogens with one attached hydrogen (secondary N) is 1. The molecule has 2 atom stereocenters. The summed E-state index contributed by atoms with van der Waals surface area (Å²) in [6.07, 6.45) is 4.16. The van der Waals surface area contributed by atoms with E-state index in [1.165, 1.54) is 6.26 Å². The number of alkyl halides is 1. The fourth-order valence-electron chi connectivity index (χ4n) is 2.66. The lowest BCUT2D eigenvalue weighted by molar-refractivity contribution is 0.00692. The molecule has 0 aromatic carbocycles. The molecule has 0 aromatic rings. The van der Waals surface area contributed by atoms with Crippen LogP contribution in [-0.2, 0) is 9.84 Å². The van der Waals surface area contributed by atoms with E-state index in [9.17, 15) is 12.8 Å². The van der Waals surface area contributed by atoms with Gasteiger partial charge in [0.2, 0.25) is 0 Å². The standard InChI is InChI=1S/C10H18FNO2S/c1-15(13,14)9-4-2-3-8(5-9)10(11)6-12-7-10/h8-9,12H,2-7H2,1H3. The highest BCUT2D eigenvalue weighted by Gasteiger charge is 2.47. The normalized spacial score (nSPS) is 35.9. The molecule has 2 unspecified atom stereocenters. The van der Waals surface area contributed by atoms with Crippen molar-refractivity contribution < 1.29 is 12.8 Å². The summed E-state index contributed by atoms with van der Waals surface area (Å²) in [6, 6.07) is 0. The lowest BCUT2D eigenvalue weighted by Crippen LogP contribution is -2.61. The van der Waals surface area contributed by atoms with Gasteiger partial charge in [0.25, 0.3) is 0 Å². The van der Waals surface area contributed by atoms with Gasteiger partial charge in [-0.15, -0.1) is 0 Å². The average Bonchev–Trinajstić information content (AvgIpc) is 2.13. The highest BCUT2D eigenvalue weighted by Crippen LogP contribution is 2.39. The molecule has 1 heterocycles. The molecule has 1 aliphatic carbocycles. The number of sulfone groups is 1. The minimum absolute atomic E-state index is 0.0628. The number of halogens is 1. The minimum Gasteiger partial charge on any atom is -0.310 e. The molecule has 1 N–H and O–H groups in total. The molecule has 5 heteroatoms. The third-order valence-corrected chi connectivity index (χ3v) is 5.44. The highest BCUT2D eigenvalue weighted by atomic mass is 32.2. The van der Waals surface area contributed by atoms with Crippen LogP contribution in [0, 0.1) is 5.92 Å². The Kier molecular flexibility index (Phi) is 2.79. The molecule has 1 saturated carbocycles. The molecule has 3 nitrogen and oxygen atoms in total. The second kappa shape index (κ2) is 3.70. The Morgan fingerprint density at radius 2 is 2.00 bits per heavy atom. The fourth-order valence-corrected chi connectivity index (χ4v) is 3.83. The summed E-state index contributed by atoms with van der Waals surface area (Å²) >= 11 is 0. The van der Waals surface area contributed by atoms with Gasteiger partial charge in [0, 0.05) is 19.3 Å². The highest BCUT2D eigenvalue weighted by molar-refractivity contribution is 7.91. The maximum atomic E-state index is 14.1. The van der Waals surface area contributed by atoms with E-state index in [0.717, 1.165) is 12.8 Å². The number of hydrogen-bond donors (Lipinski definition) is 1. The first-order valence-electron chi connectivity index (χ1n) is 5.50. The van der Waals surface area contributed by atoms with Gasteiger partial charge < -0.3 is 5.32 Å². The van der Waals surface area contributed by atoms with E-state index in [4.69, 9.17) is 0 Å². The Hall–Kier alpha value is -0.160. The van der Waals surface area contributed by atoms with Crippen LogP contribution in [0.4, 0.5) is 4.39 Å². The van der Waals surface area contributed by atoms with Crippen molar-refractivity contribution in [1.82, 2.24) is 5.32 Å². The molecule has 2 fully saturated rings. The second-order valence-electron chi connectivity index (χ2n) is 4.95. The van der Waals surface area contributed by atoms with Crippen LogP contribution < -0.4 is 5.32 Å². The Morgan fingerprint density at radius 1 is 1.33 bits per heavy atom. The summed E-state index contributed by atoms with van der Waals surface area (Å²) in [7, 11) is -2.99. The first-order valence-corrected chi connectivity index (χ1v) is 7.46. The van der Waals surface area contributed by atoms with Gasteiger partial charge in [-0.2, -0.15) is 0 Å². The van der Waals surface area contributed by atoms with Gasteiger partial charge in [-0.05, 0) is 25.2 Å². The predicted octanol–water partition coefficient (Wildman–Crippen LogP) is 0.901. The van der Waals surface area contributed by atoms with E-state index in [2.05, 4.69) is 5.32 Å². The fraction of sp³-hybridized carbons (Fsp3) is 1.00. The van der Waals surface area contributed by atoms with Crippen LogP contribution in [-0.4, -0.2) is 38.7 Å². The smallest absolute Gasteiger partial charge is 0.150 e. The van der Waals surface area contributed by atoms with Gasteiger partial charge in [-0.3, -0.25) is 0 Å². The van der Waals surface area contributed by atoms with Gasteiger partial charge in [-0.25, -0.2) is 12.8 Å². The molecule has 15 heavy (non-hydrogen) atoms. The van der Waals surface area contributed by atoms with Gasteiger partial charge >= 0.3 is 0 Å². The molecule has 0 radical (unpaired) electrons. The van der Waals surface area contributed by atoms with Crippen LogP contribution in [0.1, 0.15) is 25.7 Å². The maximum Gasteiger partial charge on any atom is 0.150 e. The van der Waals surface area contributed by atoms with Gasteiger partial charge in [-0.1, -0.05) is 6.42 Å². The van der Waals surface area contributed by atoms with Crippen molar-refractivity contribution in [3.63, 3.8) is 0 Å². The number of rotatable bonds is 2. The zero-order valence-corrected chi connectivity index (χ0v) is 9.82. The van der Waals surface area contributed by atoms with Crippen molar-refractivity contribution >= 4 is 9.84 Å². The Morgan fingerprint density at radius 3 is 2.47 bits per heavy atom. The van der Waals surface area contributed by atoms with Crippen molar-refractivity contribution in [2.24, 2.45) is 5.92 Å². The van der Waals surface area contributed by atoms with Crippen LogP contribution in [0.5, 0.6) is 0 Å².